The third kappa shape index (κ3) is 3.67. The van der Waals surface area contributed by atoms with Crippen LogP contribution >= 0.6 is 0 Å². The van der Waals surface area contributed by atoms with E-state index in [-0.39, 0.29) is 17.4 Å². The zero-order valence-corrected chi connectivity index (χ0v) is 16.1. The first kappa shape index (κ1) is 18.6. The highest BCUT2D eigenvalue weighted by Crippen LogP contribution is 2.28. The van der Waals surface area contributed by atoms with Gasteiger partial charge in [0.2, 0.25) is 0 Å². The second kappa shape index (κ2) is 7.61. The van der Waals surface area contributed by atoms with Gasteiger partial charge >= 0.3 is 0 Å². The Morgan fingerprint density at radius 3 is 2.69 bits per heavy atom. The van der Waals surface area contributed by atoms with E-state index in [9.17, 15) is 9.59 Å². The number of aromatic amines is 1. The summed E-state index contributed by atoms with van der Waals surface area (Å²) in [5.74, 6) is 0.746. The summed E-state index contributed by atoms with van der Waals surface area (Å²) in [4.78, 5) is 29.9. The van der Waals surface area contributed by atoms with Crippen LogP contribution in [0.4, 0.5) is 0 Å². The van der Waals surface area contributed by atoms with Crippen LogP contribution in [0.15, 0.2) is 10.9 Å². The van der Waals surface area contributed by atoms with Crippen molar-refractivity contribution in [2.24, 2.45) is 5.92 Å². The lowest BCUT2D eigenvalue weighted by Gasteiger charge is -2.33. The predicted molar refractivity (Wildman–Crippen MR) is 102 cm³/mol. The molecule has 2 N–H and O–H groups in total. The minimum atomic E-state index is -0.195. The van der Waals surface area contributed by atoms with Crippen LogP contribution in [0.5, 0.6) is 0 Å². The van der Waals surface area contributed by atoms with Gasteiger partial charge in [-0.1, -0.05) is 13.8 Å². The molecule has 142 valence electrons. The van der Waals surface area contributed by atoms with Crippen LogP contribution in [0.25, 0.3) is 5.65 Å². The number of aromatic nitrogens is 3. The fraction of sp³-hybridized carbons (Fsp3) is 0.632. The molecule has 0 atom stereocenters. The van der Waals surface area contributed by atoms with E-state index in [0.717, 1.165) is 38.2 Å². The molecule has 0 bridgehead atoms. The third-order valence-electron chi connectivity index (χ3n) is 5.02. The highest BCUT2D eigenvalue weighted by atomic mass is 16.2. The van der Waals surface area contributed by atoms with Crippen LogP contribution in [-0.2, 0) is 0 Å². The maximum absolute atomic E-state index is 12.4. The van der Waals surface area contributed by atoms with Gasteiger partial charge in [-0.15, -0.1) is 0 Å². The van der Waals surface area contributed by atoms with Crippen molar-refractivity contribution in [3.63, 3.8) is 0 Å². The quantitative estimate of drug-likeness (QED) is 0.854. The van der Waals surface area contributed by atoms with Gasteiger partial charge in [-0.05, 0) is 45.7 Å². The number of H-pyrrole nitrogens is 1. The number of nitrogens with zero attached hydrogens (tertiary/aromatic N) is 3. The lowest BCUT2D eigenvalue weighted by atomic mass is 9.92. The lowest BCUT2D eigenvalue weighted by Crippen LogP contribution is -2.36. The molecule has 2 aromatic rings. The van der Waals surface area contributed by atoms with Crippen molar-refractivity contribution >= 4 is 11.6 Å². The second-order valence-electron chi connectivity index (χ2n) is 7.61. The van der Waals surface area contributed by atoms with Crippen molar-refractivity contribution < 1.29 is 4.79 Å². The summed E-state index contributed by atoms with van der Waals surface area (Å²) in [6.07, 6.45) is 2.00. The number of nitrogens with one attached hydrogen (secondary N) is 2. The number of rotatable bonds is 5. The standard InChI is InChI=1S/C19H29N5O2/c1-5-20-19(26)17-13(4)22-24-15(10-16(25)21-18(17)24)14-6-8-23(9-7-14)11-12(2)3/h10,12,14H,5-9,11H2,1-4H3,(H,20,26)(H,21,25). The van der Waals surface area contributed by atoms with Crippen molar-refractivity contribution in [2.75, 3.05) is 26.2 Å². The van der Waals surface area contributed by atoms with Crippen LogP contribution < -0.4 is 10.9 Å². The van der Waals surface area contributed by atoms with E-state index in [4.69, 9.17) is 0 Å². The Balaban J connectivity index is 1.94. The number of hydrogen-bond acceptors (Lipinski definition) is 4. The molecule has 0 radical (unpaired) electrons. The Labute approximate surface area is 153 Å². The molecular weight excluding hydrogens is 330 g/mol. The van der Waals surface area contributed by atoms with Gasteiger partial charge in [-0.2, -0.15) is 5.10 Å². The minimum Gasteiger partial charge on any atom is -0.352 e. The molecule has 1 aliphatic rings. The number of hydrogen-bond donors (Lipinski definition) is 2. The van der Waals surface area contributed by atoms with Crippen LogP contribution in [0.3, 0.4) is 0 Å². The molecule has 1 aliphatic heterocycles. The number of piperidine rings is 1. The van der Waals surface area contributed by atoms with Gasteiger partial charge in [0.25, 0.3) is 11.5 Å². The van der Waals surface area contributed by atoms with E-state index in [1.54, 1.807) is 10.6 Å². The molecule has 3 rings (SSSR count). The molecule has 1 saturated heterocycles. The summed E-state index contributed by atoms with van der Waals surface area (Å²) in [5.41, 5.74) is 2.33. The number of aryl methyl sites for hydroxylation is 1. The number of amides is 1. The molecule has 0 aromatic carbocycles. The average Bonchev–Trinajstić information content (AvgIpc) is 2.90. The van der Waals surface area contributed by atoms with E-state index < -0.39 is 0 Å². The fourth-order valence-electron chi connectivity index (χ4n) is 3.92. The Kier molecular flexibility index (Phi) is 5.46. The van der Waals surface area contributed by atoms with E-state index in [2.05, 4.69) is 34.1 Å². The molecule has 3 heterocycles. The molecule has 0 saturated carbocycles. The summed E-state index contributed by atoms with van der Waals surface area (Å²) in [5, 5.41) is 7.37. The van der Waals surface area contributed by atoms with Crippen LogP contribution in [0.2, 0.25) is 0 Å². The lowest BCUT2D eigenvalue weighted by molar-refractivity contribution is 0.0956. The van der Waals surface area contributed by atoms with Gasteiger partial charge in [0.1, 0.15) is 11.2 Å². The van der Waals surface area contributed by atoms with Gasteiger partial charge in [0.15, 0.2) is 0 Å². The van der Waals surface area contributed by atoms with Gasteiger partial charge in [-0.25, -0.2) is 4.52 Å². The van der Waals surface area contributed by atoms with Gasteiger partial charge in [0, 0.05) is 25.1 Å². The second-order valence-corrected chi connectivity index (χ2v) is 7.61. The number of carbonyl (C=O) groups is 1. The molecule has 0 unspecified atom stereocenters. The van der Waals surface area contributed by atoms with Crippen molar-refractivity contribution in [1.82, 2.24) is 24.8 Å². The predicted octanol–water partition coefficient (Wildman–Crippen LogP) is 1.92. The first-order valence-corrected chi connectivity index (χ1v) is 9.53. The average molecular weight is 359 g/mol. The zero-order valence-electron chi connectivity index (χ0n) is 16.1. The highest BCUT2D eigenvalue weighted by Gasteiger charge is 2.26. The van der Waals surface area contributed by atoms with E-state index in [1.165, 1.54) is 0 Å². The number of carbonyl (C=O) groups excluding carboxylic acids is 1. The molecule has 0 aliphatic carbocycles. The molecule has 2 aromatic heterocycles. The first-order valence-electron chi connectivity index (χ1n) is 9.53. The SMILES string of the molecule is CCNC(=O)c1c(C)nn2c(C3CCN(CC(C)C)CC3)cc(=O)[nH]c12. The molecule has 1 amide bonds. The number of likely N-dealkylation sites (tertiary alicyclic amines) is 1. The Hall–Kier alpha value is -2.15. The summed E-state index contributed by atoms with van der Waals surface area (Å²) in [7, 11) is 0. The van der Waals surface area contributed by atoms with Gasteiger partial charge in [-0.3, -0.25) is 9.59 Å². The Morgan fingerprint density at radius 2 is 2.08 bits per heavy atom. The van der Waals surface area contributed by atoms with E-state index in [1.807, 2.05) is 13.8 Å². The third-order valence-corrected chi connectivity index (χ3v) is 5.02. The summed E-state index contributed by atoms with van der Waals surface area (Å²) in [6.45, 7) is 11.9. The summed E-state index contributed by atoms with van der Waals surface area (Å²) >= 11 is 0. The highest BCUT2D eigenvalue weighted by molar-refractivity contribution is 6.01. The monoisotopic (exact) mass is 359 g/mol. The first-order chi connectivity index (χ1) is 12.4. The molecule has 7 heteroatoms. The largest absolute Gasteiger partial charge is 0.352 e. The maximum Gasteiger partial charge on any atom is 0.256 e. The minimum absolute atomic E-state index is 0.178. The fourth-order valence-corrected chi connectivity index (χ4v) is 3.92. The Bertz CT molecular complexity index is 843. The molecule has 26 heavy (non-hydrogen) atoms. The maximum atomic E-state index is 12.4. The van der Waals surface area contributed by atoms with Gasteiger partial charge in [0.05, 0.1) is 11.4 Å². The van der Waals surface area contributed by atoms with Crippen LogP contribution in [-0.4, -0.2) is 51.6 Å². The van der Waals surface area contributed by atoms with Crippen LogP contribution in [0, 0.1) is 12.8 Å². The number of fused-ring (bicyclic) bond motifs is 1. The molecule has 7 nitrogen and oxygen atoms in total. The normalized spacial score (nSPS) is 16.5. The summed E-state index contributed by atoms with van der Waals surface area (Å²) < 4.78 is 1.77. The molecule has 0 spiro atoms. The van der Waals surface area contributed by atoms with Crippen molar-refractivity contribution in [1.29, 1.82) is 0 Å². The van der Waals surface area contributed by atoms with Crippen molar-refractivity contribution in [3.05, 3.63) is 33.4 Å². The Morgan fingerprint density at radius 1 is 1.38 bits per heavy atom. The smallest absolute Gasteiger partial charge is 0.256 e. The molecule has 1 fully saturated rings. The van der Waals surface area contributed by atoms with Crippen LogP contribution in [0.1, 0.15) is 61.3 Å². The zero-order chi connectivity index (χ0) is 18.8. The van der Waals surface area contributed by atoms with Crippen molar-refractivity contribution in [2.45, 2.75) is 46.5 Å². The topological polar surface area (TPSA) is 82.5 Å². The molecular formula is C19H29N5O2. The van der Waals surface area contributed by atoms with Gasteiger partial charge < -0.3 is 15.2 Å². The van der Waals surface area contributed by atoms with Crippen molar-refractivity contribution in [3.8, 4) is 0 Å². The van der Waals surface area contributed by atoms with E-state index in [0.29, 0.717) is 29.4 Å². The summed E-state index contributed by atoms with van der Waals surface area (Å²) in [6, 6.07) is 1.64. The van der Waals surface area contributed by atoms with E-state index >= 15 is 0 Å².